The topological polar surface area (TPSA) is 98.2 Å². The molecule has 1 saturated heterocycles. The molecule has 1 fully saturated rings. The summed E-state index contributed by atoms with van der Waals surface area (Å²) in [6.07, 6.45) is 2.84. The number of benzene rings is 1. The molecule has 0 bridgehead atoms. The number of amides is 1. The van der Waals surface area contributed by atoms with Crippen molar-refractivity contribution in [2.75, 3.05) is 25.9 Å². The molecule has 2 aromatic heterocycles. The van der Waals surface area contributed by atoms with Gasteiger partial charge in [-0.1, -0.05) is 0 Å². The summed E-state index contributed by atoms with van der Waals surface area (Å²) in [7, 11) is 1.75. The van der Waals surface area contributed by atoms with Crippen LogP contribution in [0.25, 0.3) is 5.52 Å². The summed E-state index contributed by atoms with van der Waals surface area (Å²) in [6.45, 7) is 7.59. The van der Waals surface area contributed by atoms with Crippen LogP contribution in [0.3, 0.4) is 0 Å². The Morgan fingerprint density at radius 3 is 2.75 bits per heavy atom. The summed E-state index contributed by atoms with van der Waals surface area (Å²) < 4.78 is 27.1. The van der Waals surface area contributed by atoms with Crippen molar-refractivity contribution in [3.05, 3.63) is 48.2 Å². The van der Waals surface area contributed by atoms with Gasteiger partial charge in [0, 0.05) is 44.6 Å². The number of halogens is 1. The molecule has 32 heavy (non-hydrogen) atoms. The monoisotopic (exact) mass is 442 g/mol. The third-order valence-electron chi connectivity index (χ3n) is 5.23. The van der Waals surface area contributed by atoms with E-state index >= 15 is 0 Å². The fraction of sp³-hybridized carbons (Fsp3) is 0.409. The van der Waals surface area contributed by atoms with Gasteiger partial charge in [0.15, 0.2) is 11.6 Å². The van der Waals surface area contributed by atoms with Crippen LogP contribution in [0.15, 0.2) is 36.8 Å². The van der Waals surface area contributed by atoms with Crippen molar-refractivity contribution in [1.82, 2.24) is 24.4 Å². The molecule has 0 spiro atoms. The Balaban J connectivity index is 1.45. The van der Waals surface area contributed by atoms with Crippen LogP contribution in [0.4, 0.5) is 14.9 Å². The molecule has 10 heteroatoms. The summed E-state index contributed by atoms with van der Waals surface area (Å²) in [5, 5.41) is 4.22. The number of likely N-dealkylation sites (N-methyl/N-ethyl adjacent to an activating group) is 1. The molecule has 170 valence electrons. The number of nitrogens with two attached hydrogens (primary N) is 1. The lowest BCUT2D eigenvalue weighted by atomic mass is 10.1. The van der Waals surface area contributed by atoms with Crippen molar-refractivity contribution < 1.29 is 18.7 Å². The number of hydrogen-bond acceptors (Lipinski definition) is 7. The Bertz CT molecular complexity index is 1140. The maximum Gasteiger partial charge on any atom is 0.410 e. The van der Waals surface area contributed by atoms with Gasteiger partial charge >= 0.3 is 6.09 Å². The van der Waals surface area contributed by atoms with Gasteiger partial charge in [-0.15, -0.1) is 0 Å². The number of ether oxygens (including phenoxy) is 2. The van der Waals surface area contributed by atoms with E-state index in [9.17, 15) is 9.18 Å². The lowest BCUT2D eigenvalue weighted by Gasteiger charge is -2.44. The second-order valence-electron chi connectivity index (χ2n) is 8.93. The highest BCUT2D eigenvalue weighted by atomic mass is 19.1. The van der Waals surface area contributed by atoms with Gasteiger partial charge in [-0.2, -0.15) is 10.1 Å². The summed E-state index contributed by atoms with van der Waals surface area (Å²) >= 11 is 0. The standard InChI is InChI=1S/C22H27FN6O3/c1-22(2,3)32-21(30)27(4)16-11-28(12-16)10-14-7-8-29-19(14)20(25-13-26-29)31-18-6-5-15(24)9-17(18)23/h5-9,13,16H,10-12,24H2,1-4H3. The first-order valence-electron chi connectivity index (χ1n) is 10.3. The maximum absolute atomic E-state index is 14.2. The molecule has 0 radical (unpaired) electrons. The van der Waals surface area contributed by atoms with Crippen molar-refractivity contribution in [3.63, 3.8) is 0 Å². The first kappa shape index (κ1) is 21.8. The Morgan fingerprint density at radius 2 is 2.06 bits per heavy atom. The minimum absolute atomic E-state index is 0.0370. The van der Waals surface area contributed by atoms with Gasteiger partial charge in [0.05, 0.1) is 6.04 Å². The number of hydrogen-bond donors (Lipinski definition) is 1. The van der Waals surface area contributed by atoms with E-state index in [-0.39, 0.29) is 23.8 Å². The average Bonchev–Trinajstić information content (AvgIpc) is 3.08. The maximum atomic E-state index is 14.2. The van der Waals surface area contributed by atoms with E-state index in [1.54, 1.807) is 22.5 Å². The average molecular weight is 442 g/mol. The van der Waals surface area contributed by atoms with Crippen molar-refractivity contribution in [3.8, 4) is 11.6 Å². The van der Waals surface area contributed by atoms with E-state index in [4.69, 9.17) is 15.2 Å². The van der Waals surface area contributed by atoms with E-state index in [0.717, 1.165) is 5.56 Å². The minimum Gasteiger partial charge on any atom is -0.444 e. The number of anilines is 1. The van der Waals surface area contributed by atoms with Crippen molar-refractivity contribution >= 4 is 17.3 Å². The lowest BCUT2D eigenvalue weighted by Crippen LogP contribution is -2.59. The van der Waals surface area contributed by atoms with Crippen LogP contribution >= 0.6 is 0 Å². The molecule has 2 N–H and O–H groups in total. The predicted octanol–water partition coefficient (Wildman–Crippen LogP) is 3.29. The Morgan fingerprint density at radius 1 is 1.31 bits per heavy atom. The molecule has 3 heterocycles. The first-order valence-corrected chi connectivity index (χ1v) is 10.3. The van der Waals surface area contributed by atoms with E-state index in [1.807, 2.05) is 33.0 Å². The van der Waals surface area contributed by atoms with E-state index in [1.165, 1.54) is 18.5 Å². The van der Waals surface area contributed by atoms with Crippen molar-refractivity contribution in [2.24, 2.45) is 0 Å². The van der Waals surface area contributed by atoms with Gasteiger partial charge < -0.3 is 20.1 Å². The lowest BCUT2D eigenvalue weighted by molar-refractivity contribution is -0.00565. The van der Waals surface area contributed by atoms with Crippen LogP contribution in [-0.2, 0) is 11.3 Å². The third-order valence-corrected chi connectivity index (χ3v) is 5.23. The fourth-order valence-corrected chi connectivity index (χ4v) is 3.53. The van der Waals surface area contributed by atoms with Crippen LogP contribution in [0.5, 0.6) is 11.6 Å². The molecule has 1 amide bonds. The summed E-state index contributed by atoms with van der Waals surface area (Å²) in [4.78, 5) is 20.3. The second-order valence-corrected chi connectivity index (χ2v) is 8.93. The molecular weight excluding hydrogens is 415 g/mol. The van der Waals surface area contributed by atoms with Crippen molar-refractivity contribution in [1.29, 1.82) is 0 Å². The number of nitrogens with zero attached hydrogens (tertiary/aromatic N) is 5. The zero-order valence-corrected chi connectivity index (χ0v) is 18.6. The number of nitrogen functional groups attached to an aromatic ring is 1. The van der Waals surface area contributed by atoms with Gasteiger partial charge in [-0.3, -0.25) is 4.90 Å². The van der Waals surface area contributed by atoms with Gasteiger partial charge in [-0.25, -0.2) is 13.7 Å². The largest absolute Gasteiger partial charge is 0.444 e. The number of carbonyl (C=O) groups is 1. The predicted molar refractivity (Wildman–Crippen MR) is 117 cm³/mol. The smallest absolute Gasteiger partial charge is 0.410 e. The Hall–Kier alpha value is -3.40. The van der Waals surface area contributed by atoms with E-state index in [2.05, 4.69) is 15.0 Å². The molecule has 4 rings (SSSR count). The molecule has 3 aromatic rings. The van der Waals surface area contributed by atoms with Crippen LogP contribution in [-0.4, -0.2) is 62.3 Å². The zero-order chi connectivity index (χ0) is 23.0. The molecule has 1 aliphatic rings. The molecule has 0 saturated carbocycles. The number of rotatable bonds is 5. The number of fused-ring (bicyclic) bond motifs is 1. The molecule has 9 nitrogen and oxygen atoms in total. The quantitative estimate of drug-likeness (QED) is 0.606. The van der Waals surface area contributed by atoms with Crippen LogP contribution in [0, 0.1) is 5.82 Å². The number of carbonyl (C=O) groups excluding carboxylic acids is 1. The van der Waals surface area contributed by atoms with E-state index in [0.29, 0.717) is 30.8 Å². The first-order chi connectivity index (χ1) is 15.1. The molecular formula is C22H27FN6O3. The van der Waals surface area contributed by atoms with Crippen LogP contribution < -0.4 is 10.5 Å². The third kappa shape index (κ3) is 4.59. The Labute approximate surface area is 185 Å². The normalized spacial score (nSPS) is 14.9. The molecule has 0 aliphatic carbocycles. The summed E-state index contributed by atoms with van der Waals surface area (Å²) in [5.74, 6) is -0.271. The summed E-state index contributed by atoms with van der Waals surface area (Å²) in [5.41, 5.74) is 7.00. The van der Waals surface area contributed by atoms with Gasteiger partial charge in [0.25, 0.3) is 0 Å². The van der Waals surface area contributed by atoms with Crippen LogP contribution in [0.1, 0.15) is 26.3 Å². The number of aromatic nitrogens is 3. The zero-order valence-electron chi connectivity index (χ0n) is 18.6. The van der Waals surface area contributed by atoms with Gasteiger partial charge in [0.1, 0.15) is 17.4 Å². The number of likely N-dealkylation sites (tertiary alicyclic amines) is 1. The highest BCUT2D eigenvalue weighted by Crippen LogP contribution is 2.30. The van der Waals surface area contributed by atoms with Gasteiger partial charge in [-0.05, 0) is 44.5 Å². The van der Waals surface area contributed by atoms with E-state index < -0.39 is 11.4 Å². The highest BCUT2D eigenvalue weighted by Gasteiger charge is 2.34. The Kier molecular flexibility index (Phi) is 5.64. The van der Waals surface area contributed by atoms with Crippen LogP contribution in [0.2, 0.25) is 0 Å². The summed E-state index contributed by atoms with van der Waals surface area (Å²) in [6, 6.07) is 6.25. The molecule has 1 aromatic carbocycles. The SMILES string of the molecule is CN(C(=O)OC(C)(C)C)C1CN(Cc2ccn3ncnc(Oc4ccc(N)cc4F)c23)C1. The molecule has 1 aliphatic heterocycles. The fourth-order valence-electron chi connectivity index (χ4n) is 3.53. The highest BCUT2D eigenvalue weighted by molar-refractivity contribution is 5.68. The van der Waals surface area contributed by atoms with Gasteiger partial charge in [0.2, 0.25) is 5.88 Å². The second kappa shape index (κ2) is 8.27. The molecule has 0 unspecified atom stereocenters. The molecule has 0 atom stereocenters. The van der Waals surface area contributed by atoms with Crippen molar-refractivity contribution in [2.45, 2.75) is 39.0 Å². The minimum atomic E-state index is -0.564.